The van der Waals surface area contributed by atoms with Gasteiger partial charge in [0.25, 0.3) is 0 Å². The van der Waals surface area contributed by atoms with Crippen LogP contribution in [0.15, 0.2) is 24.3 Å². The molecule has 0 aromatic heterocycles. The fourth-order valence-electron chi connectivity index (χ4n) is 4.06. The van der Waals surface area contributed by atoms with Crippen molar-refractivity contribution in [1.29, 1.82) is 0 Å². The van der Waals surface area contributed by atoms with Gasteiger partial charge < -0.3 is 14.7 Å². The molecule has 5 heteroatoms. The van der Waals surface area contributed by atoms with Crippen LogP contribution in [0.4, 0.5) is 0 Å². The second-order valence-electron chi connectivity index (χ2n) is 6.98. The molecule has 1 aliphatic heterocycles. The van der Waals surface area contributed by atoms with E-state index in [0.717, 1.165) is 37.2 Å². The minimum absolute atomic E-state index is 0.0614. The van der Waals surface area contributed by atoms with E-state index in [4.69, 9.17) is 4.74 Å². The molecule has 1 N–H and O–H groups in total. The number of nitrogens with zero attached hydrogens (tertiary/aromatic N) is 2. The highest BCUT2D eigenvalue weighted by Gasteiger charge is 2.41. The monoisotopic (exact) mass is 332 g/mol. The van der Waals surface area contributed by atoms with Gasteiger partial charge in [0, 0.05) is 13.1 Å². The van der Waals surface area contributed by atoms with Gasteiger partial charge in [0.2, 0.25) is 5.91 Å². The quantitative estimate of drug-likeness (QED) is 0.891. The Morgan fingerprint density at radius 2 is 1.92 bits per heavy atom. The van der Waals surface area contributed by atoms with Crippen LogP contribution in [0.25, 0.3) is 0 Å². The summed E-state index contributed by atoms with van der Waals surface area (Å²) in [6, 6.07) is 7.73. The Bertz CT molecular complexity index is 554. The number of benzene rings is 1. The molecule has 5 nitrogen and oxygen atoms in total. The molecule has 0 radical (unpaired) electrons. The fraction of sp³-hybridized carbons (Fsp3) is 0.632. The molecule has 1 aromatic rings. The van der Waals surface area contributed by atoms with Crippen molar-refractivity contribution in [3.05, 3.63) is 29.8 Å². The van der Waals surface area contributed by atoms with Gasteiger partial charge in [-0.05, 0) is 56.5 Å². The second-order valence-corrected chi connectivity index (χ2v) is 6.98. The number of methoxy groups -OCH3 is 1. The smallest absolute Gasteiger partial charge is 0.227 e. The summed E-state index contributed by atoms with van der Waals surface area (Å²) in [5.41, 5.74) is 0.969. The standard InChI is InChI=1S/C19H28N2O3/c1-20(18(22)13-14-5-7-15(24-2)8-6-14)16-9-10-17(19(16)23)21-11-3-4-12-21/h5-8,16-17,19,23H,3-4,9-13H2,1-2H3/t16-,17-,19-/m1/s1. The van der Waals surface area contributed by atoms with E-state index in [1.165, 1.54) is 12.8 Å². The summed E-state index contributed by atoms with van der Waals surface area (Å²) in [6.45, 7) is 2.16. The Morgan fingerprint density at radius 3 is 2.54 bits per heavy atom. The SMILES string of the molecule is COc1ccc(CC(=O)N(C)[C@@H]2CC[C@@H](N3CCCC3)[C@@H]2O)cc1. The summed E-state index contributed by atoms with van der Waals surface area (Å²) < 4.78 is 5.14. The van der Waals surface area contributed by atoms with Crippen molar-refractivity contribution in [3.63, 3.8) is 0 Å². The number of carbonyl (C=O) groups excluding carboxylic acids is 1. The predicted octanol–water partition coefficient (Wildman–Crippen LogP) is 1.68. The van der Waals surface area contributed by atoms with E-state index < -0.39 is 6.10 Å². The Labute approximate surface area is 144 Å². The molecule has 0 spiro atoms. The van der Waals surface area contributed by atoms with E-state index in [1.807, 2.05) is 31.3 Å². The lowest BCUT2D eigenvalue weighted by molar-refractivity contribution is -0.133. The lowest BCUT2D eigenvalue weighted by atomic mass is 10.1. The molecule has 24 heavy (non-hydrogen) atoms. The number of carbonyl (C=O) groups is 1. The van der Waals surface area contributed by atoms with E-state index in [0.29, 0.717) is 6.42 Å². The molecule has 1 heterocycles. The second kappa shape index (κ2) is 7.53. The summed E-state index contributed by atoms with van der Waals surface area (Å²) in [4.78, 5) is 16.7. The van der Waals surface area contributed by atoms with Crippen LogP contribution in [0.2, 0.25) is 0 Å². The van der Waals surface area contributed by atoms with Gasteiger partial charge in [0.1, 0.15) is 5.75 Å². The van der Waals surface area contributed by atoms with Crippen LogP contribution in [0, 0.1) is 0 Å². The van der Waals surface area contributed by atoms with Crippen LogP contribution >= 0.6 is 0 Å². The maximum atomic E-state index is 12.6. The van der Waals surface area contributed by atoms with Gasteiger partial charge >= 0.3 is 0 Å². The van der Waals surface area contributed by atoms with E-state index in [-0.39, 0.29) is 18.0 Å². The third-order valence-corrected chi connectivity index (χ3v) is 5.56. The number of likely N-dealkylation sites (tertiary alicyclic amines) is 1. The number of hydrogen-bond donors (Lipinski definition) is 1. The molecule has 1 saturated carbocycles. The summed E-state index contributed by atoms with van der Waals surface area (Å²) >= 11 is 0. The first-order valence-corrected chi connectivity index (χ1v) is 8.91. The normalized spacial score (nSPS) is 27.4. The molecule has 132 valence electrons. The van der Waals surface area contributed by atoms with Gasteiger partial charge in [0.15, 0.2) is 0 Å². The Kier molecular flexibility index (Phi) is 5.41. The molecule has 3 atom stereocenters. The molecule has 1 amide bonds. The third kappa shape index (κ3) is 3.57. The van der Waals surface area contributed by atoms with Crippen molar-refractivity contribution in [2.24, 2.45) is 0 Å². The first-order chi connectivity index (χ1) is 11.6. The molecule has 1 aromatic carbocycles. The summed E-state index contributed by atoms with van der Waals surface area (Å²) in [6.07, 6.45) is 4.23. The molecule has 1 saturated heterocycles. The van der Waals surface area contributed by atoms with Crippen molar-refractivity contribution in [2.45, 2.75) is 50.3 Å². The first kappa shape index (κ1) is 17.2. The Morgan fingerprint density at radius 1 is 1.25 bits per heavy atom. The van der Waals surface area contributed by atoms with Crippen LogP contribution in [-0.2, 0) is 11.2 Å². The van der Waals surface area contributed by atoms with Gasteiger partial charge in [-0.2, -0.15) is 0 Å². The zero-order valence-electron chi connectivity index (χ0n) is 14.6. The number of likely N-dealkylation sites (N-methyl/N-ethyl adjacent to an activating group) is 1. The van der Waals surface area contributed by atoms with Crippen molar-refractivity contribution >= 4 is 5.91 Å². The van der Waals surface area contributed by atoms with Crippen molar-refractivity contribution in [2.75, 3.05) is 27.2 Å². The van der Waals surface area contributed by atoms with Crippen LogP contribution in [0.5, 0.6) is 5.75 Å². The number of aliphatic hydroxyl groups excluding tert-OH is 1. The highest BCUT2D eigenvalue weighted by Crippen LogP contribution is 2.30. The number of aliphatic hydroxyl groups is 1. The predicted molar refractivity (Wildman–Crippen MR) is 93.1 cm³/mol. The largest absolute Gasteiger partial charge is 0.497 e. The fourth-order valence-corrected chi connectivity index (χ4v) is 4.06. The highest BCUT2D eigenvalue weighted by atomic mass is 16.5. The van der Waals surface area contributed by atoms with Gasteiger partial charge in [-0.1, -0.05) is 12.1 Å². The maximum absolute atomic E-state index is 12.6. The minimum atomic E-state index is -0.437. The lowest BCUT2D eigenvalue weighted by Crippen LogP contribution is -2.48. The number of amides is 1. The molecule has 0 unspecified atom stereocenters. The van der Waals surface area contributed by atoms with Gasteiger partial charge in [-0.15, -0.1) is 0 Å². The Hall–Kier alpha value is -1.59. The van der Waals surface area contributed by atoms with Gasteiger partial charge in [-0.25, -0.2) is 0 Å². The average molecular weight is 332 g/mol. The van der Waals surface area contributed by atoms with Crippen LogP contribution in [-0.4, -0.2) is 66.2 Å². The highest BCUT2D eigenvalue weighted by molar-refractivity contribution is 5.79. The number of hydrogen-bond acceptors (Lipinski definition) is 4. The molecule has 2 fully saturated rings. The molecule has 1 aliphatic carbocycles. The van der Waals surface area contributed by atoms with Crippen LogP contribution < -0.4 is 4.74 Å². The zero-order chi connectivity index (χ0) is 17.1. The summed E-state index contributed by atoms with van der Waals surface area (Å²) in [5.74, 6) is 0.852. The van der Waals surface area contributed by atoms with Gasteiger partial charge in [-0.3, -0.25) is 9.69 Å². The van der Waals surface area contributed by atoms with E-state index in [1.54, 1.807) is 12.0 Å². The molecule has 2 aliphatic rings. The molecular formula is C19H28N2O3. The Balaban J connectivity index is 1.58. The topological polar surface area (TPSA) is 53.0 Å². The molecule has 3 rings (SSSR count). The van der Waals surface area contributed by atoms with E-state index >= 15 is 0 Å². The first-order valence-electron chi connectivity index (χ1n) is 8.91. The van der Waals surface area contributed by atoms with E-state index in [2.05, 4.69) is 4.90 Å². The summed E-state index contributed by atoms with van der Waals surface area (Å²) in [5, 5.41) is 10.7. The van der Waals surface area contributed by atoms with Crippen LogP contribution in [0.3, 0.4) is 0 Å². The number of ether oxygens (including phenoxy) is 1. The average Bonchev–Trinajstić information content (AvgIpc) is 3.24. The molecular weight excluding hydrogens is 304 g/mol. The van der Waals surface area contributed by atoms with Gasteiger partial charge in [0.05, 0.1) is 25.7 Å². The third-order valence-electron chi connectivity index (χ3n) is 5.56. The van der Waals surface area contributed by atoms with Crippen molar-refractivity contribution < 1.29 is 14.6 Å². The minimum Gasteiger partial charge on any atom is -0.497 e. The molecule has 0 bridgehead atoms. The van der Waals surface area contributed by atoms with Crippen molar-refractivity contribution in [1.82, 2.24) is 9.80 Å². The lowest BCUT2D eigenvalue weighted by Gasteiger charge is -2.32. The zero-order valence-corrected chi connectivity index (χ0v) is 14.6. The van der Waals surface area contributed by atoms with Crippen molar-refractivity contribution in [3.8, 4) is 5.75 Å². The summed E-state index contributed by atoms with van der Waals surface area (Å²) in [7, 11) is 3.46. The maximum Gasteiger partial charge on any atom is 0.227 e. The van der Waals surface area contributed by atoms with E-state index in [9.17, 15) is 9.90 Å². The number of rotatable bonds is 5. The van der Waals surface area contributed by atoms with Crippen LogP contribution in [0.1, 0.15) is 31.2 Å².